The number of hydrogen-bond donors (Lipinski definition) is 2. The van der Waals surface area contributed by atoms with Crippen LogP contribution >= 0.6 is 15.9 Å². The molecule has 5 nitrogen and oxygen atoms in total. The molecule has 0 spiro atoms. The molecule has 108 valence electrons. The Hall–Kier alpha value is -2.34. The van der Waals surface area contributed by atoms with Crippen LogP contribution in [-0.4, -0.2) is 11.8 Å². The number of rotatable bonds is 3. The Morgan fingerprint density at radius 2 is 1.81 bits per heavy atom. The van der Waals surface area contributed by atoms with E-state index in [1.165, 1.54) is 12.2 Å². The average Bonchev–Trinajstić information content (AvgIpc) is 2.89. The second-order valence-electron chi connectivity index (χ2n) is 4.23. The first-order valence-electron chi connectivity index (χ1n) is 6.15. The summed E-state index contributed by atoms with van der Waals surface area (Å²) in [5, 5.41) is 0. The van der Waals surface area contributed by atoms with Gasteiger partial charge < -0.3 is 4.42 Å². The van der Waals surface area contributed by atoms with Gasteiger partial charge >= 0.3 is 0 Å². The van der Waals surface area contributed by atoms with Gasteiger partial charge in [0.25, 0.3) is 11.8 Å². The normalized spacial score (nSPS) is 10.6. The first-order valence-corrected chi connectivity index (χ1v) is 6.94. The standard InChI is InChI=1S/C15H13BrN2O3/c1-10-2-7-13(21-10)8-9-14(19)17-18-15(20)11-3-5-12(16)6-4-11/h2-9H,1H3,(H,17,19)(H,18,20)/b9-8+. The maximum atomic E-state index is 11.8. The zero-order chi connectivity index (χ0) is 15.2. The summed E-state index contributed by atoms with van der Waals surface area (Å²) >= 11 is 3.28. The van der Waals surface area contributed by atoms with Crippen LogP contribution in [0, 0.1) is 6.92 Å². The fourth-order valence-electron chi connectivity index (χ4n) is 1.53. The SMILES string of the molecule is Cc1ccc(/C=C/C(=O)NNC(=O)c2ccc(Br)cc2)o1. The lowest BCUT2D eigenvalue weighted by Gasteiger charge is -2.05. The highest BCUT2D eigenvalue weighted by molar-refractivity contribution is 9.10. The summed E-state index contributed by atoms with van der Waals surface area (Å²) in [6, 6.07) is 10.3. The van der Waals surface area contributed by atoms with Crippen LogP contribution in [0.5, 0.6) is 0 Å². The van der Waals surface area contributed by atoms with Crippen molar-refractivity contribution in [2.75, 3.05) is 0 Å². The fraction of sp³-hybridized carbons (Fsp3) is 0.0667. The van der Waals surface area contributed by atoms with E-state index in [2.05, 4.69) is 26.8 Å². The predicted octanol–water partition coefficient (Wildman–Crippen LogP) is 2.82. The van der Waals surface area contributed by atoms with Gasteiger partial charge in [0.05, 0.1) is 0 Å². The third-order valence-electron chi connectivity index (χ3n) is 2.57. The third-order valence-corrected chi connectivity index (χ3v) is 3.09. The maximum Gasteiger partial charge on any atom is 0.269 e. The lowest BCUT2D eigenvalue weighted by molar-refractivity contribution is -0.117. The molecule has 0 unspecified atom stereocenters. The number of carbonyl (C=O) groups is 2. The van der Waals surface area contributed by atoms with Crippen molar-refractivity contribution < 1.29 is 14.0 Å². The van der Waals surface area contributed by atoms with Crippen molar-refractivity contribution in [2.45, 2.75) is 6.92 Å². The Labute approximate surface area is 130 Å². The number of hydrogen-bond acceptors (Lipinski definition) is 3. The van der Waals surface area contributed by atoms with Gasteiger partial charge in [-0.05, 0) is 49.4 Å². The largest absolute Gasteiger partial charge is 0.462 e. The van der Waals surface area contributed by atoms with E-state index in [4.69, 9.17) is 4.42 Å². The third kappa shape index (κ3) is 4.61. The van der Waals surface area contributed by atoms with Crippen molar-refractivity contribution >= 4 is 33.8 Å². The van der Waals surface area contributed by atoms with E-state index in [-0.39, 0.29) is 0 Å². The zero-order valence-corrected chi connectivity index (χ0v) is 12.8. The molecule has 0 saturated carbocycles. The lowest BCUT2D eigenvalue weighted by Crippen LogP contribution is -2.40. The molecule has 2 aromatic rings. The molecule has 6 heteroatoms. The van der Waals surface area contributed by atoms with Crippen LogP contribution < -0.4 is 10.9 Å². The number of halogens is 1. The van der Waals surface area contributed by atoms with Crippen molar-refractivity contribution in [1.82, 2.24) is 10.9 Å². The summed E-state index contributed by atoms with van der Waals surface area (Å²) in [5.41, 5.74) is 5.07. The Kier molecular flexibility index (Phi) is 4.94. The van der Waals surface area contributed by atoms with Crippen LogP contribution in [0.3, 0.4) is 0 Å². The average molecular weight is 349 g/mol. The molecule has 1 heterocycles. The van der Waals surface area contributed by atoms with E-state index in [0.717, 1.165) is 10.2 Å². The minimum Gasteiger partial charge on any atom is -0.462 e. The highest BCUT2D eigenvalue weighted by Crippen LogP contribution is 2.10. The molecule has 2 amide bonds. The molecule has 0 aliphatic carbocycles. The first-order chi connectivity index (χ1) is 10.0. The molecule has 0 aliphatic heterocycles. The summed E-state index contributed by atoms with van der Waals surface area (Å²) < 4.78 is 6.16. The van der Waals surface area contributed by atoms with Crippen LogP contribution in [0.15, 0.2) is 51.4 Å². The van der Waals surface area contributed by atoms with Gasteiger partial charge in [-0.2, -0.15) is 0 Å². The number of furan rings is 1. The highest BCUT2D eigenvalue weighted by atomic mass is 79.9. The van der Waals surface area contributed by atoms with Gasteiger partial charge in [-0.15, -0.1) is 0 Å². The molecule has 0 aliphatic rings. The quantitative estimate of drug-likeness (QED) is 0.661. The van der Waals surface area contributed by atoms with Crippen LogP contribution in [0.4, 0.5) is 0 Å². The van der Waals surface area contributed by atoms with Crippen molar-refractivity contribution in [1.29, 1.82) is 0 Å². The summed E-state index contributed by atoms with van der Waals surface area (Å²) in [5.74, 6) is 0.494. The van der Waals surface area contributed by atoms with Crippen LogP contribution in [0.2, 0.25) is 0 Å². The molecule has 0 saturated heterocycles. The summed E-state index contributed by atoms with van der Waals surface area (Å²) in [6.07, 6.45) is 2.80. The zero-order valence-electron chi connectivity index (χ0n) is 11.2. The van der Waals surface area contributed by atoms with Gasteiger partial charge in [0.1, 0.15) is 11.5 Å². The number of benzene rings is 1. The van der Waals surface area contributed by atoms with Gasteiger partial charge in [0.15, 0.2) is 0 Å². The molecule has 2 N–H and O–H groups in total. The molecule has 0 bridgehead atoms. The monoisotopic (exact) mass is 348 g/mol. The van der Waals surface area contributed by atoms with Crippen molar-refractivity contribution in [2.24, 2.45) is 0 Å². The Balaban J connectivity index is 1.85. The highest BCUT2D eigenvalue weighted by Gasteiger charge is 2.05. The van der Waals surface area contributed by atoms with Gasteiger partial charge in [-0.25, -0.2) is 0 Å². The summed E-state index contributed by atoms with van der Waals surface area (Å²) in [4.78, 5) is 23.3. The van der Waals surface area contributed by atoms with E-state index >= 15 is 0 Å². The number of amides is 2. The number of carbonyl (C=O) groups excluding carboxylic acids is 2. The second kappa shape index (κ2) is 6.90. The fourth-order valence-corrected chi connectivity index (χ4v) is 1.80. The van der Waals surface area contributed by atoms with E-state index in [1.807, 2.05) is 6.92 Å². The van der Waals surface area contributed by atoms with E-state index < -0.39 is 11.8 Å². The summed E-state index contributed by atoms with van der Waals surface area (Å²) in [6.45, 7) is 1.82. The number of aryl methyl sites for hydroxylation is 1. The molecular formula is C15H13BrN2O3. The van der Waals surface area contributed by atoms with Crippen molar-refractivity contribution in [3.05, 3.63) is 64.0 Å². The molecule has 0 radical (unpaired) electrons. The molecule has 1 aromatic heterocycles. The Bertz CT molecular complexity index is 674. The molecule has 21 heavy (non-hydrogen) atoms. The Morgan fingerprint density at radius 3 is 2.43 bits per heavy atom. The van der Waals surface area contributed by atoms with Gasteiger partial charge in [-0.1, -0.05) is 15.9 Å². The molecule has 2 rings (SSSR count). The van der Waals surface area contributed by atoms with E-state index in [0.29, 0.717) is 11.3 Å². The van der Waals surface area contributed by atoms with Crippen LogP contribution in [-0.2, 0) is 4.79 Å². The maximum absolute atomic E-state index is 11.8. The van der Waals surface area contributed by atoms with E-state index in [1.54, 1.807) is 36.4 Å². The van der Waals surface area contributed by atoms with Gasteiger partial charge in [0.2, 0.25) is 0 Å². The van der Waals surface area contributed by atoms with E-state index in [9.17, 15) is 9.59 Å². The van der Waals surface area contributed by atoms with Crippen molar-refractivity contribution in [3.8, 4) is 0 Å². The van der Waals surface area contributed by atoms with Crippen molar-refractivity contribution in [3.63, 3.8) is 0 Å². The Morgan fingerprint density at radius 1 is 1.10 bits per heavy atom. The minimum atomic E-state index is -0.450. The molecule has 0 atom stereocenters. The number of hydrazine groups is 1. The first kappa shape index (κ1) is 15.1. The predicted molar refractivity (Wildman–Crippen MR) is 82.2 cm³/mol. The molecule has 1 aromatic carbocycles. The summed E-state index contributed by atoms with van der Waals surface area (Å²) in [7, 11) is 0. The molecule has 0 fully saturated rings. The van der Waals surface area contributed by atoms with Crippen LogP contribution in [0.25, 0.3) is 6.08 Å². The topological polar surface area (TPSA) is 71.3 Å². The van der Waals surface area contributed by atoms with Gasteiger partial charge in [-0.3, -0.25) is 20.4 Å². The molecular weight excluding hydrogens is 336 g/mol. The second-order valence-corrected chi connectivity index (χ2v) is 5.15. The van der Waals surface area contributed by atoms with Gasteiger partial charge in [0, 0.05) is 16.1 Å². The van der Waals surface area contributed by atoms with Crippen LogP contribution in [0.1, 0.15) is 21.9 Å². The lowest BCUT2D eigenvalue weighted by atomic mass is 10.2. The minimum absolute atomic E-state index is 0.391. The number of nitrogens with one attached hydrogen (secondary N) is 2. The smallest absolute Gasteiger partial charge is 0.269 e.